The van der Waals surface area contributed by atoms with Gasteiger partial charge in [-0.1, -0.05) is 36.4 Å². The standard InChI is InChI=1S/C29H30N4O3/c1-20-7-6-8-24(17-20)32-16-15-31(18-21(32)2)27(34)23-13-11-22(12-14-23)19-33-26-10-5-4-9-25(26)30(3)28(35)29(33)36/h4-14,17,21H,15-16,18-19H2,1-3H3/t21-/m0/s1. The van der Waals surface area contributed by atoms with Crippen molar-refractivity contribution in [2.75, 3.05) is 24.5 Å². The van der Waals surface area contributed by atoms with Gasteiger partial charge in [0.1, 0.15) is 0 Å². The molecule has 1 aliphatic rings. The van der Waals surface area contributed by atoms with Gasteiger partial charge < -0.3 is 14.4 Å². The van der Waals surface area contributed by atoms with Gasteiger partial charge in [-0.15, -0.1) is 0 Å². The molecule has 0 saturated carbocycles. The molecule has 1 amide bonds. The van der Waals surface area contributed by atoms with E-state index < -0.39 is 11.1 Å². The zero-order valence-electron chi connectivity index (χ0n) is 20.8. The summed E-state index contributed by atoms with van der Waals surface area (Å²) in [6.45, 7) is 6.60. The van der Waals surface area contributed by atoms with E-state index in [1.807, 2.05) is 53.4 Å². The van der Waals surface area contributed by atoms with Gasteiger partial charge >= 0.3 is 11.1 Å². The van der Waals surface area contributed by atoms with Crippen LogP contribution in [-0.4, -0.2) is 45.6 Å². The van der Waals surface area contributed by atoms with Crippen molar-refractivity contribution < 1.29 is 4.79 Å². The highest BCUT2D eigenvalue weighted by Crippen LogP contribution is 2.23. The molecular weight excluding hydrogens is 452 g/mol. The molecule has 7 nitrogen and oxygen atoms in total. The van der Waals surface area contributed by atoms with E-state index in [-0.39, 0.29) is 18.5 Å². The number of carbonyl (C=O) groups is 1. The molecule has 1 atom stereocenters. The minimum absolute atomic E-state index is 0.00786. The number of nitrogens with zero attached hydrogens (tertiary/aromatic N) is 4. The number of benzene rings is 3. The molecule has 0 unspecified atom stereocenters. The van der Waals surface area contributed by atoms with Gasteiger partial charge in [-0.3, -0.25) is 19.0 Å². The molecule has 36 heavy (non-hydrogen) atoms. The number of fused-ring (bicyclic) bond motifs is 1. The van der Waals surface area contributed by atoms with Crippen LogP contribution < -0.4 is 16.0 Å². The average molecular weight is 483 g/mol. The van der Waals surface area contributed by atoms with Crippen molar-refractivity contribution in [1.29, 1.82) is 0 Å². The Morgan fingerprint density at radius 2 is 1.61 bits per heavy atom. The van der Waals surface area contributed by atoms with Crippen molar-refractivity contribution >= 4 is 22.6 Å². The number of aryl methyl sites for hydroxylation is 2. The van der Waals surface area contributed by atoms with E-state index in [1.54, 1.807) is 7.05 Å². The van der Waals surface area contributed by atoms with Crippen molar-refractivity contribution in [3.63, 3.8) is 0 Å². The first-order chi connectivity index (χ1) is 17.3. The number of anilines is 1. The van der Waals surface area contributed by atoms with Crippen molar-refractivity contribution in [3.05, 3.63) is 110 Å². The Labute approximate surface area is 209 Å². The lowest BCUT2D eigenvalue weighted by Crippen LogP contribution is -2.53. The van der Waals surface area contributed by atoms with Gasteiger partial charge in [-0.25, -0.2) is 0 Å². The van der Waals surface area contributed by atoms with Crippen LogP contribution >= 0.6 is 0 Å². The van der Waals surface area contributed by atoms with Crippen LogP contribution in [0.5, 0.6) is 0 Å². The van der Waals surface area contributed by atoms with Crippen LogP contribution in [0.3, 0.4) is 0 Å². The number of aromatic nitrogens is 2. The summed E-state index contributed by atoms with van der Waals surface area (Å²) >= 11 is 0. The van der Waals surface area contributed by atoms with Gasteiger partial charge in [-0.2, -0.15) is 0 Å². The second-order valence-corrected chi connectivity index (χ2v) is 9.57. The molecule has 7 heteroatoms. The Bertz CT molecular complexity index is 1550. The molecule has 0 bridgehead atoms. The van der Waals surface area contributed by atoms with E-state index in [1.165, 1.54) is 20.4 Å². The van der Waals surface area contributed by atoms with Crippen molar-refractivity contribution in [1.82, 2.24) is 14.0 Å². The Morgan fingerprint density at radius 1 is 0.889 bits per heavy atom. The molecule has 0 aliphatic carbocycles. The van der Waals surface area contributed by atoms with E-state index in [0.717, 1.165) is 12.1 Å². The maximum absolute atomic E-state index is 13.2. The van der Waals surface area contributed by atoms with Crippen LogP contribution in [0.1, 0.15) is 28.4 Å². The third-order valence-electron chi connectivity index (χ3n) is 7.06. The molecule has 1 aromatic heterocycles. The van der Waals surface area contributed by atoms with Crippen molar-refractivity contribution in [2.45, 2.75) is 26.4 Å². The summed E-state index contributed by atoms with van der Waals surface area (Å²) in [5.74, 6) is 0.00786. The summed E-state index contributed by atoms with van der Waals surface area (Å²) in [6, 6.07) is 23.4. The molecule has 5 rings (SSSR count). The van der Waals surface area contributed by atoms with Crippen LogP contribution in [0, 0.1) is 6.92 Å². The third kappa shape index (κ3) is 4.33. The monoisotopic (exact) mass is 482 g/mol. The maximum Gasteiger partial charge on any atom is 0.317 e. The van der Waals surface area contributed by atoms with E-state index in [4.69, 9.17) is 0 Å². The van der Waals surface area contributed by atoms with Crippen LogP contribution in [0.15, 0.2) is 82.4 Å². The number of amides is 1. The number of hydrogen-bond acceptors (Lipinski definition) is 4. The van der Waals surface area contributed by atoms with E-state index in [9.17, 15) is 14.4 Å². The van der Waals surface area contributed by atoms with Gasteiger partial charge in [0.05, 0.1) is 17.6 Å². The fourth-order valence-electron chi connectivity index (χ4n) is 5.06. The van der Waals surface area contributed by atoms with Crippen LogP contribution in [0.25, 0.3) is 11.0 Å². The Kier molecular flexibility index (Phi) is 6.22. The predicted molar refractivity (Wildman–Crippen MR) is 143 cm³/mol. The van der Waals surface area contributed by atoms with Crippen LogP contribution in [0.4, 0.5) is 5.69 Å². The summed E-state index contributed by atoms with van der Waals surface area (Å²) in [5.41, 5.74) is 4.18. The predicted octanol–water partition coefficient (Wildman–Crippen LogP) is 3.41. The summed E-state index contributed by atoms with van der Waals surface area (Å²) in [5, 5.41) is 0. The number of carbonyl (C=O) groups excluding carboxylic acids is 1. The lowest BCUT2D eigenvalue weighted by atomic mass is 10.1. The molecule has 0 N–H and O–H groups in total. The van der Waals surface area contributed by atoms with Gasteiger partial charge in [0.15, 0.2) is 0 Å². The summed E-state index contributed by atoms with van der Waals surface area (Å²) in [6.07, 6.45) is 0. The molecule has 0 radical (unpaired) electrons. The lowest BCUT2D eigenvalue weighted by Gasteiger charge is -2.41. The van der Waals surface area contributed by atoms with E-state index in [0.29, 0.717) is 29.7 Å². The first-order valence-corrected chi connectivity index (χ1v) is 12.2. The first kappa shape index (κ1) is 23.6. The average Bonchev–Trinajstić information content (AvgIpc) is 2.89. The minimum atomic E-state index is -0.558. The van der Waals surface area contributed by atoms with E-state index in [2.05, 4.69) is 43.0 Å². The smallest absolute Gasteiger partial charge is 0.317 e. The molecule has 2 heterocycles. The van der Waals surface area contributed by atoms with Gasteiger partial charge in [0.2, 0.25) is 0 Å². The summed E-state index contributed by atoms with van der Waals surface area (Å²) < 4.78 is 2.89. The topological polar surface area (TPSA) is 67.5 Å². The fourth-order valence-corrected chi connectivity index (χ4v) is 5.06. The van der Waals surface area contributed by atoms with Gasteiger partial charge in [0, 0.05) is 44.0 Å². The molecule has 3 aromatic carbocycles. The lowest BCUT2D eigenvalue weighted by molar-refractivity contribution is 0.0726. The number of rotatable bonds is 4. The highest BCUT2D eigenvalue weighted by molar-refractivity contribution is 5.94. The van der Waals surface area contributed by atoms with E-state index >= 15 is 0 Å². The molecular formula is C29H30N4O3. The largest absolute Gasteiger partial charge is 0.365 e. The Hall–Kier alpha value is -4.13. The minimum Gasteiger partial charge on any atom is -0.365 e. The second-order valence-electron chi connectivity index (χ2n) is 9.57. The van der Waals surface area contributed by atoms with Crippen molar-refractivity contribution in [2.24, 2.45) is 7.05 Å². The number of para-hydroxylation sites is 2. The SMILES string of the molecule is Cc1cccc(N2CCN(C(=O)c3ccc(Cn4c(=O)c(=O)n(C)c5ccccc54)cc3)C[C@@H]2C)c1. The maximum atomic E-state index is 13.2. The molecule has 1 aliphatic heterocycles. The third-order valence-corrected chi connectivity index (χ3v) is 7.06. The quantitative estimate of drug-likeness (QED) is 0.418. The molecule has 1 saturated heterocycles. The molecule has 4 aromatic rings. The number of hydrogen-bond donors (Lipinski definition) is 0. The fraction of sp³-hybridized carbons (Fsp3) is 0.276. The Balaban J connectivity index is 1.32. The zero-order chi connectivity index (χ0) is 25.4. The molecule has 0 spiro atoms. The highest BCUT2D eigenvalue weighted by Gasteiger charge is 2.27. The normalized spacial score (nSPS) is 15.9. The van der Waals surface area contributed by atoms with Gasteiger partial charge in [-0.05, 0) is 61.4 Å². The zero-order valence-corrected chi connectivity index (χ0v) is 20.8. The molecule has 1 fully saturated rings. The number of piperazine rings is 1. The first-order valence-electron chi connectivity index (χ1n) is 12.2. The second kappa shape index (κ2) is 9.49. The van der Waals surface area contributed by atoms with Gasteiger partial charge in [0.25, 0.3) is 5.91 Å². The summed E-state index contributed by atoms with van der Waals surface area (Å²) in [7, 11) is 1.61. The molecule has 184 valence electrons. The Morgan fingerprint density at radius 3 is 2.31 bits per heavy atom. The highest BCUT2D eigenvalue weighted by atomic mass is 16.2. The van der Waals surface area contributed by atoms with Crippen molar-refractivity contribution in [3.8, 4) is 0 Å². The van der Waals surface area contributed by atoms with Crippen LogP contribution in [0.2, 0.25) is 0 Å². The summed E-state index contributed by atoms with van der Waals surface area (Å²) in [4.78, 5) is 42.7. The van der Waals surface area contributed by atoms with Crippen LogP contribution in [-0.2, 0) is 13.6 Å².